The molecule has 1 rings (SSSR count). The van der Waals surface area contributed by atoms with Crippen LogP contribution in [0.5, 0.6) is 0 Å². The number of hydrogen-bond donors (Lipinski definition) is 1. The molecule has 0 spiro atoms. The van der Waals surface area contributed by atoms with E-state index in [0.29, 0.717) is 5.92 Å². The Kier molecular flexibility index (Phi) is 5.97. The Morgan fingerprint density at radius 3 is 2.59 bits per heavy atom. The molecule has 0 aliphatic carbocycles. The topological polar surface area (TPSA) is 12.0 Å². The molecule has 4 heteroatoms. The average molecular weight is 339 g/mol. The summed E-state index contributed by atoms with van der Waals surface area (Å²) in [6.07, 6.45) is 1.13. The van der Waals surface area contributed by atoms with Gasteiger partial charge in [-0.15, -0.1) is 11.3 Å². The van der Waals surface area contributed by atoms with E-state index in [-0.39, 0.29) is 5.41 Å². The Labute approximate surface area is 122 Å². The lowest BCUT2D eigenvalue weighted by molar-refractivity contribution is 0.448. The number of halogens is 2. The molecule has 1 N–H and O–H groups in total. The summed E-state index contributed by atoms with van der Waals surface area (Å²) in [7, 11) is 0. The predicted octanol–water partition coefficient (Wildman–Crippen LogP) is 5.08. The van der Waals surface area contributed by atoms with Gasteiger partial charge in [-0.05, 0) is 47.4 Å². The first-order valence-corrected chi connectivity index (χ1v) is 7.97. The SMILES string of the molecule is CC(C)CNCCC(C)(C)c1cc(Cl)c(Br)s1. The summed E-state index contributed by atoms with van der Waals surface area (Å²) in [6.45, 7) is 11.2. The van der Waals surface area contributed by atoms with Crippen molar-refractivity contribution in [2.24, 2.45) is 5.92 Å². The lowest BCUT2D eigenvalue weighted by Gasteiger charge is -2.23. The molecule has 17 heavy (non-hydrogen) atoms. The van der Waals surface area contributed by atoms with Crippen molar-refractivity contribution in [2.45, 2.75) is 39.5 Å². The van der Waals surface area contributed by atoms with Gasteiger partial charge in [-0.25, -0.2) is 0 Å². The third-order valence-electron chi connectivity index (χ3n) is 2.79. The molecule has 0 aromatic carbocycles. The monoisotopic (exact) mass is 337 g/mol. The van der Waals surface area contributed by atoms with Crippen LogP contribution in [0.2, 0.25) is 5.02 Å². The third-order valence-corrected chi connectivity index (χ3v) is 5.63. The summed E-state index contributed by atoms with van der Waals surface area (Å²) in [5.74, 6) is 0.712. The Morgan fingerprint density at radius 2 is 2.12 bits per heavy atom. The standard InChI is InChI=1S/C13H21BrClNS/c1-9(2)8-16-6-5-13(3,4)11-7-10(15)12(14)17-11/h7,9,16H,5-6,8H2,1-4H3. The third kappa shape index (κ3) is 4.90. The van der Waals surface area contributed by atoms with Crippen molar-refractivity contribution >= 4 is 38.9 Å². The first-order valence-electron chi connectivity index (χ1n) is 5.99. The second kappa shape index (κ2) is 6.55. The highest BCUT2D eigenvalue weighted by atomic mass is 79.9. The summed E-state index contributed by atoms with van der Waals surface area (Å²) in [5.41, 5.74) is 0.185. The Morgan fingerprint density at radius 1 is 1.47 bits per heavy atom. The van der Waals surface area contributed by atoms with Gasteiger partial charge in [-0.3, -0.25) is 0 Å². The van der Waals surface area contributed by atoms with Gasteiger partial charge in [-0.1, -0.05) is 39.3 Å². The molecule has 0 saturated carbocycles. The summed E-state index contributed by atoms with van der Waals surface area (Å²) in [4.78, 5) is 1.35. The van der Waals surface area contributed by atoms with Crippen LogP contribution in [0.25, 0.3) is 0 Å². The lowest BCUT2D eigenvalue weighted by atomic mass is 9.87. The smallest absolute Gasteiger partial charge is 0.0887 e. The van der Waals surface area contributed by atoms with Gasteiger partial charge in [0, 0.05) is 10.3 Å². The number of rotatable bonds is 6. The predicted molar refractivity (Wildman–Crippen MR) is 82.4 cm³/mol. The Bertz CT molecular complexity index is 341. The van der Waals surface area contributed by atoms with E-state index in [1.54, 1.807) is 11.3 Å². The minimum Gasteiger partial charge on any atom is -0.316 e. The van der Waals surface area contributed by atoms with E-state index in [0.717, 1.165) is 28.3 Å². The van der Waals surface area contributed by atoms with E-state index in [4.69, 9.17) is 11.6 Å². The minimum atomic E-state index is 0.185. The molecule has 0 bridgehead atoms. The Balaban J connectivity index is 2.50. The molecule has 1 aromatic heterocycles. The van der Waals surface area contributed by atoms with Crippen molar-refractivity contribution in [3.8, 4) is 0 Å². The van der Waals surface area contributed by atoms with E-state index < -0.39 is 0 Å². The van der Waals surface area contributed by atoms with Crippen LogP contribution in [0.3, 0.4) is 0 Å². The van der Waals surface area contributed by atoms with E-state index in [9.17, 15) is 0 Å². The molecule has 1 heterocycles. The zero-order chi connectivity index (χ0) is 13.1. The maximum Gasteiger partial charge on any atom is 0.0887 e. The van der Waals surface area contributed by atoms with Gasteiger partial charge in [0.25, 0.3) is 0 Å². The molecule has 0 atom stereocenters. The van der Waals surface area contributed by atoms with Crippen molar-refractivity contribution in [2.75, 3.05) is 13.1 Å². The van der Waals surface area contributed by atoms with Crippen molar-refractivity contribution in [3.05, 3.63) is 19.8 Å². The maximum atomic E-state index is 6.09. The lowest BCUT2D eigenvalue weighted by Crippen LogP contribution is -2.27. The van der Waals surface area contributed by atoms with Gasteiger partial charge in [0.05, 0.1) is 8.81 Å². The highest BCUT2D eigenvalue weighted by Gasteiger charge is 2.23. The normalized spacial score (nSPS) is 12.4. The summed E-state index contributed by atoms with van der Waals surface area (Å²) in [5, 5.41) is 4.32. The van der Waals surface area contributed by atoms with Gasteiger partial charge < -0.3 is 5.32 Å². The number of nitrogens with one attached hydrogen (secondary N) is 1. The molecular formula is C13H21BrClNS. The fraction of sp³-hybridized carbons (Fsp3) is 0.692. The van der Waals surface area contributed by atoms with Gasteiger partial charge in [0.2, 0.25) is 0 Å². The minimum absolute atomic E-state index is 0.185. The summed E-state index contributed by atoms with van der Waals surface area (Å²) >= 11 is 11.3. The van der Waals surface area contributed by atoms with Crippen molar-refractivity contribution in [1.29, 1.82) is 0 Å². The first kappa shape index (κ1) is 15.5. The van der Waals surface area contributed by atoms with Crippen molar-refractivity contribution in [1.82, 2.24) is 5.32 Å². The van der Waals surface area contributed by atoms with E-state index in [1.165, 1.54) is 4.88 Å². The van der Waals surface area contributed by atoms with E-state index in [2.05, 4.69) is 55.0 Å². The van der Waals surface area contributed by atoms with Crippen LogP contribution in [0.1, 0.15) is 39.0 Å². The van der Waals surface area contributed by atoms with Crippen LogP contribution < -0.4 is 5.32 Å². The zero-order valence-corrected chi connectivity index (χ0v) is 14.1. The maximum absolute atomic E-state index is 6.09. The molecule has 0 unspecified atom stereocenters. The molecule has 0 radical (unpaired) electrons. The molecule has 0 fully saturated rings. The van der Waals surface area contributed by atoms with Gasteiger partial charge in [-0.2, -0.15) is 0 Å². The van der Waals surface area contributed by atoms with E-state index in [1.807, 2.05) is 0 Å². The highest BCUT2D eigenvalue weighted by Crippen LogP contribution is 2.39. The van der Waals surface area contributed by atoms with Gasteiger partial charge in [0.1, 0.15) is 0 Å². The second-order valence-electron chi connectivity index (χ2n) is 5.46. The molecule has 1 aromatic rings. The quantitative estimate of drug-likeness (QED) is 0.713. The van der Waals surface area contributed by atoms with Crippen LogP contribution in [-0.2, 0) is 5.41 Å². The van der Waals surface area contributed by atoms with Crippen molar-refractivity contribution in [3.63, 3.8) is 0 Å². The van der Waals surface area contributed by atoms with Crippen LogP contribution in [-0.4, -0.2) is 13.1 Å². The average Bonchev–Trinajstić information content (AvgIpc) is 2.55. The fourth-order valence-electron chi connectivity index (χ4n) is 1.59. The van der Waals surface area contributed by atoms with Crippen LogP contribution in [0.4, 0.5) is 0 Å². The summed E-state index contributed by atoms with van der Waals surface area (Å²) in [6, 6.07) is 2.08. The molecule has 1 nitrogen and oxygen atoms in total. The van der Waals surface area contributed by atoms with Crippen LogP contribution >= 0.6 is 38.9 Å². The van der Waals surface area contributed by atoms with Crippen LogP contribution in [0.15, 0.2) is 9.85 Å². The largest absolute Gasteiger partial charge is 0.316 e. The fourth-order valence-corrected chi connectivity index (χ4v) is 3.43. The Hall–Kier alpha value is 0.430. The second-order valence-corrected chi connectivity index (χ2v) is 8.24. The zero-order valence-electron chi connectivity index (χ0n) is 10.9. The molecule has 0 aliphatic rings. The highest BCUT2D eigenvalue weighted by molar-refractivity contribution is 9.11. The van der Waals surface area contributed by atoms with Crippen molar-refractivity contribution < 1.29 is 0 Å². The van der Waals surface area contributed by atoms with Crippen LogP contribution in [0, 0.1) is 5.92 Å². The number of hydrogen-bond acceptors (Lipinski definition) is 2. The molecular weight excluding hydrogens is 318 g/mol. The first-order chi connectivity index (χ1) is 7.83. The van der Waals surface area contributed by atoms with Gasteiger partial charge in [0.15, 0.2) is 0 Å². The van der Waals surface area contributed by atoms with Gasteiger partial charge >= 0.3 is 0 Å². The molecule has 0 amide bonds. The molecule has 98 valence electrons. The number of thiophene rings is 1. The summed E-state index contributed by atoms with van der Waals surface area (Å²) < 4.78 is 1.04. The molecule has 0 saturated heterocycles. The van der Waals surface area contributed by atoms with E-state index >= 15 is 0 Å². The molecule has 0 aliphatic heterocycles.